The van der Waals surface area contributed by atoms with Gasteiger partial charge in [-0.25, -0.2) is 13.6 Å². The van der Waals surface area contributed by atoms with Crippen molar-refractivity contribution in [2.75, 3.05) is 33.3 Å². The van der Waals surface area contributed by atoms with Crippen LogP contribution in [-0.2, 0) is 15.1 Å². The van der Waals surface area contributed by atoms with Gasteiger partial charge < -0.3 is 10.1 Å². The van der Waals surface area contributed by atoms with E-state index in [9.17, 15) is 13.6 Å². The van der Waals surface area contributed by atoms with Gasteiger partial charge in [0.05, 0.1) is 7.11 Å². The summed E-state index contributed by atoms with van der Waals surface area (Å²) in [6.45, 7) is 4.26. The van der Waals surface area contributed by atoms with Crippen LogP contribution in [0, 0.1) is 11.6 Å². The van der Waals surface area contributed by atoms with Crippen LogP contribution in [0.5, 0.6) is 0 Å². The van der Waals surface area contributed by atoms with E-state index in [1.165, 1.54) is 7.11 Å². The van der Waals surface area contributed by atoms with Crippen LogP contribution in [0.15, 0.2) is 18.2 Å². The van der Waals surface area contributed by atoms with Crippen molar-refractivity contribution in [1.29, 1.82) is 0 Å². The largest absolute Gasteiger partial charge is 0.467 e. The summed E-state index contributed by atoms with van der Waals surface area (Å²) in [7, 11) is 1.26. The molecule has 0 aliphatic carbocycles. The Morgan fingerprint density at radius 3 is 2.81 bits per heavy atom. The Labute approximate surface area is 123 Å². The first kappa shape index (κ1) is 15.9. The zero-order chi connectivity index (χ0) is 15.5. The molecule has 1 aromatic rings. The fourth-order valence-corrected chi connectivity index (χ4v) is 2.77. The van der Waals surface area contributed by atoms with Crippen molar-refractivity contribution >= 4 is 5.97 Å². The standard InChI is InChI=1S/C15H20F2N2O2/c1-15(14(20)21-2,19-8-3-6-18-7-9-19)12-10-11(16)4-5-13(12)17/h4-5,10,18H,3,6-9H2,1-2H3. The van der Waals surface area contributed by atoms with Crippen LogP contribution >= 0.6 is 0 Å². The molecule has 6 heteroatoms. The monoisotopic (exact) mass is 298 g/mol. The number of nitrogens with one attached hydrogen (secondary N) is 1. The molecule has 0 amide bonds. The highest BCUT2D eigenvalue weighted by molar-refractivity contribution is 5.82. The van der Waals surface area contributed by atoms with Gasteiger partial charge in [0.15, 0.2) is 0 Å². The van der Waals surface area contributed by atoms with Crippen molar-refractivity contribution < 1.29 is 18.3 Å². The van der Waals surface area contributed by atoms with E-state index < -0.39 is 23.1 Å². The summed E-state index contributed by atoms with van der Waals surface area (Å²) >= 11 is 0. The first-order valence-electron chi connectivity index (χ1n) is 7.00. The Balaban J connectivity index is 2.50. The molecule has 0 bridgehead atoms. The highest BCUT2D eigenvalue weighted by atomic mass is 19.1. The number of esters is 1. The van der Waals surface area contributed by atoms with Gasteiger partial charge in [0, 0.05) is 25.2 Å². The molecule has 0 spiro atoms. The Hall–Kier alpha value is -1.53. The summed E-state index contributed by atoms with van der Waals surface area (Å²) in [5.41, 5.74) is -1.33. The third-order valence-corrected chi connectivity index (χ3v) is 4.01. The average Bonchev–Trinajstić information content (AvgIpc) is 2.77. The molecule has 0 aromatic heterocycles. The maximum absolute atomic E-state index is 14.2. The molecule has 4 nitrogen and oxygen atoms in total. The molecule has 0 radical (unpaired) electrons. The quantitative estimate of drug-likeness (QED) is 0.862. The van der Waals surface area contributed by atoms with Crippen LogP contribution in [0.25, 0.3) is 0 Å². The Kier molecular flexibility index (Phi) is 4.90. The van der Waals surface area contributed by atoms with Crippen LogP contribution in [0.4, 0.5) is 8.78 Å². The molecule has 2 rings (SSSR count). The minimum Gasteiger partial charge on any atom is -0.467 e. The number of halogens is 2. The highest BCUT2D eigenvalue weighted by Crippen LogP contribution is 2.32. The van der Waals surface area contributed by atoms with Crippen molar-refractivity contribution in [3.63, 3.8) is 0 Å². The maximum atomic E-state index is 14.2. The van der Waals surface area contributed by atoms with Gasteiger partial charge in [0.2, 0.25) is 0 Å². The summed E-state index contributed by atoms with van der Waals surface area (Å²) in [5.74, 6) is -1.77. The lowest BCUT2D eigenvalue weighted by Crippen LogP contribution is -2.52. The fourth-order valence-electron chi connectivity index (χ4n) is 2.77. The number of rotatable bonds is 3. The summed E-state index contributed by atoms with van der Waals surface area (Å²) < 4.78 is 32.6. The van der Waals surface area contributed by atoms with E-state index >= 15 is 0 Å². The number of nitrogens with zero attached hydrogens (tertiary/aromatic N) is 1. The molecule has 1 heterocycles. The predicted molar refractivity (Wildman–Crippen MR) is 74.8 cm³/mol. The summed E-state index contributed by atoms with van der Waals surface area (Å²) in [5, 5.41) is 3.22. The van der Waals surface area contributed by atoms with Gasteiger partial charge in [0.25, 0.3) is 0 Å². The number of methoxy groups -OCH3 is 1. The summed E-state index contributed by atoms with van der Waals surface area (Å²) in [4.78, 5) is 14.2. The second-order valence-electron chi connectivity index (χ2n) is 5.28. The lowest BCUT2D eigenvalue weighted by atomic mass is 9.89. The van der Waals surface area contributed by atoms with E-state index in [1.54, 1.807) is 6.92 Å². The fraction of sp³-hybridized carbons (Fsp3) is 0.533. The molecule has 0 saturated carbocycles. The molecule has 116 valence electrons. The van der Waals surface area contributed by atoms with Gasteiger partial charge >= 0.3 is 5.97 Å². The van der Waals surface area contributed by atoms with E-state index in [0.717, 1.165) is 31.2 Å². The van der Waals surface area contributed by atoms with Crippen LogP contribution in [-0.4, -0.2) is 44.2 Å². The first-order chi connectivity index (χ1) is 10.00. The van der Waals surface area contributed by atoms with Gasteiger partial charge in [-0.2, -0.15) is 0 Å². The van der Waals surface area contributed by atoms with Gasteiger partial charge in [-0.1, -0.05) is 0 Å². The number of carbonyl (C=O) groups excluding carboxylic acids is 1. The SMILES string of the molecule is COC(=O)C(C)(c1cc(F)ccc1F)N1CCCNCC1. The van der Waals surface area contributed by atoms with Gasteiger partial charge in [-0.3, -0.25) is 4.90 Å². The molecule has 1 aromatic carbocycles. The molecule has 1 aliphatic heterocycles. The lowest BCUT2D eigenvalue weighted by molar-refractivity contribution is -0.155. The van der Waals surface area contributed by atoms with E-state index in [4.69, 9.17) is 4.74 Å². The minimum absolute atomic E-state index is 0.0104. The van der Waals surface area contributed by atoms with Gasteiger partial charge in [-0.15, -0.1) is 0 Å². The number of benzene rings is 1. The predicted octanol–water partition coefficient (Wildman–Crippen LogP) is 1.65. The van der Waals surface area contributed by atoms with E-state index in [1.807, 2.05) is 4.90 Å². The number of hydrogen-bond acceptors (Lipinski definition) is 4. The second-order valence-corrected chi connectivity index (χ2v) is 5.28. The molecule has 1 unspecified atom stereocenters. The van der Waals surface area contributed by atoms with E-state index in [-0.39, 0.29) is 5.56 Å². The zero-order valence-corrected chi connectivity index (χ0v) is 12.3. The Morgan fingerprint density at radius 2 is 2.10 bits per heavy atom. The first-order valence-corrected chi connectivity index (χ1v) is 7.00. The zero-order valence-electron chi connectivity index (χ0n) is 12.3. The smallest absolute Gasteiger partial charge is 0.330 e. The van der Waals surface area contributed by atoms with Crippen LogP contribution in [0.1, 0.15) is 18.9 Å². The lowest BCUT2D eigenvalue weighted by Gasteiger charge is -2.38. The van der Waals surface area contributed by atoms with Crippen molar-refractivity contribution in [2.24, 2.45) is 0 Å². The molecule has 1 aliphatic rings. The molecular formula is C15H20F2N2O2. The summed E-state index contributed by atoms with van der Waals surface area (Å²) in [6, 6.07) is 3.16. The van der Waals surface area contributed by atoms with Crippen LogP contribution in [0.3, 0.4) is 0 Å². The maximum Gasteiger partial charge on any atom is 0.330 e. The van der Waals surface area contributed by atoms with Crippen molar-refractivity contribution in [3.8, 4) is 0 Å². The van der Waals surface area contributed by atoms with Crippen LogP contribution < -0.4 is 5.32 Å². The molecule has 1 atom stereocenters. The number of ether oxygens (including phenoxy) is 1. The second kappa shape index (κ2) is 6.49. The third kappa shape index (κ3) is 3.06. The van der Waals surface area contributed by atoms with Crippen LogP contribution in [0.2, 0.25) is 0 Å². The van der Waals surface area contributed by atoms with Crippen molar-refractivity contribution in [2.45, 2.75) is 18.9 Å². The number of hydrogen-bond donors (Lipinski definition) is 1. The highest BCUT2D eigenvalue weighted by Gasteiger charge is 2.44. The van der Waals surface area contributed by atoms with Crippen molar-refractivity contribution in [1.82, 2.24) is 10.2 Å². The number of carbonyl (C=O) groups is 1. The average molecular weight is 298 g/mol. The molecular weight excluding hydrogens is 278 g/mol. The van der Waals surface area contributed by atoms with Gasteiger partial charge in [0.1, 0.15) is 17.2 Å². The van der Waals surface area contributed by atoms with Gasteiger partial charge in [-0.05, 0) is 38.1 Å². The van der Waals surface area contributed by atoms with E-state index in [2.05, 4.69) is 5.32 Å². The normalized spacial score (nSPS) is 19.6. The Morgan fingerprint density at radius 1 is 1.33 bits per heavy atom. The summed E-state index contributed by atoms with van der Waals surface area (Å²) in [6.07, 6.45) is 0.823. The molecule has 21 heavy (non-hydrogen) atoms. The Bertz CT molecular complexity index is 516. The molecule has 1 N–H and O–H groups in total. The van der Waals surface area contributed by atoms with E-state index in [0.29, 0.717) is 19.6 Å². The molecule has 1 saturated heterocycles. The third-order valence-electron chi connectivity index (χ3n) is 4.01. The van der Waals surface area contributed by atoms with Crippen molar-refractivity contribution in [3.05, 3.63) is 35.4 Å². The minimum atomic E-state index is -1.34. The topological polar surface area (TPSA) is 41.6 Å². The molecule has 1 fully saturated rings.